The minimum Gasteiger partial charge on any atom is -0.302 e. The van der Waals surface area contributed by atoms with Crippen LogP contribution in [0.5, 0.6) is 0 Å². The number of halogens is 1. The smallest absolute Gasteiger partial charge is 0.140 e. The van der Waals surface area contributed by atoms with Gasteiger partial charge in [0.25, 0.3) is 0 Å². The van der Waals surface area contributed by atoms with E-state index in [0.717, 1.165) is 28.2 Å². The molecule has 2 aromatic heterocycles. The molecule has 0 aliphatic heterocycles. The van der Waals surface area contributed by atoms with Gasteiger partial charge in [-0.05, 0) is 56.5 Å². The first-order valence-electron chi connectivity index (χ1n) is 7.18. The lowest BCUT2D eigenvalue weighted by atomic mass is 10.0. The summed E-state index contributed by atoms with van der Waals surface area (Å²) in [5, 5.41) is -0.0987. The number of benzene rings is 1. The van der Waals surface area contributed by atoms with Crippen LogP contribution in [-0.4, -0.2) is 9.38 Å². The summed E-state index contributed by atoms with van der Waals surface area (Å²) in [5.41, 5.74) is 7.87. The Morgan fingerprint density at radius 1 is 1.05 bits per heavy atom. The van der Waals surface area contributed by atoms with Gasteiger partial charge in [0, 0.05) is 11.8 Å². The Morgan fingerprint density at radius 2 is 1.81 bits per heavy atom. The maximum absolute atomic E-state index is 6.44. The van der Waals surface area contributed by atoms with Crippen LogP contribution in [0.25, 0.3) is 16.9 Å². The van der Waals surface area contributed by atoms with Crippen molar-refractivity contribution in [2.45, 2.75) is 33.1 Å². The molecule has 1 aromatic carbocycles. The highest BCUT2D eigenvalue weighted by Crippen LogP contribution is 2.33. The fraction of sp³-hybridized carbons (Fsp3) is 0.278. The number of aryl methyl sites for hydroxylation is 3. The molecule has 0 bridgehead atoms. The number of aromatic nitrogens is 2. The van der Waals surface area contributed by atoms with Crippen molar-refractivity contribution in [3.05, 3.63) is 58.9 Å². The van der Waals surface area contributed by atoms with Crippen LogP contribution >= 0.6 is 11.6 Å². The zero-order chi connectivity index (χ0) is 15.1. The molecule has 0 spiro atoms. The number of pyridine rings is 1. The van der Waals surface area contributed by atoms with E-state index in [9.17, 15) is 0 Å². The largest absolute Gasteiger partial charge is 0.302 e. The first-order chi connectivity index (χ1) is 9.99. The quantitative estimate of drug-likeness (QED) is 0.592. The Kier molecular flexibility index (Phi) is 3.50. The van der Waals surface area contributed by atoms with Gasteiger partial charge in [0.2, 0.25) is 0 Å². The molecule has 0 saturated heterocycles. The second-order valence-electron chi connectivity index (χ2n) is 5.65. The van der Waals surface area contributed by atoms with Gasteiger partial charge >= 0.3 is 0 Å². The number of nitrogens with zero attached hydrogens (tertiary/aromatic N) is 2. The molecule has 3 aromatic rings. The van der Waals surface area contributed by atoms with Gasteiger partial charge in [0.1, 0.15) is 5.65 Å². The average molecular weight is 299 g/mol. The lowest BCUT2D eigenvalue weighted by molar-refractivity contribution is 0.962. The highest BCUT2D eigenvalue weighted by atomic mass is 35.5. The van der Waals surface area contributed by atoms with E-state index in [4.69, 9.17) is 16.6 Å². The molecular weight excluding hydrogens is 280 g/mol. The Bertz CT molecular complexity index is 815. The first-order valence-corrected chi connectivity index (χ1v) is 7.62. The van der Waals surface area contributed by atoms with E-state index in [-0.39, 0.29) is 5.38 Å². The van der Waals surface area contributed by atoms with Gasteiger partial charge in [-0.2, -0.15) is 0 Å². The average Bonchev–Trinajstić information content (AvgIpc) is 2.83. The van der Waals surface area contributed by atoms with Gasteiger partial charge in [-0.25, -0.2) is 4.98 Å². The summed E-state index contributed by atoms with van der Waals surface area (Å²) in [6.07, 6.45) is 2.04. The lowest BCUT2D eigenvalue weighted by Crippen LogP contribution is -1.96. The van der Waals surface area contributed by atoms with Crippen molar-refractivity contribution < 1.29 is 0 Å². The molecule has 2 heterocycles. The van der Waals surface area contributed by atoms with Crippen LogP contribution in [-0.2, 0) is 0 Å². The Labute approximate surface area is 130 Å². The van der Waals surface area contributed by atoms with Gasteiger partial charge in [-0.15, -0.1) is 11.6 Å². The molecular formula is C18H19ClN2. The van der Waals surface area contributed by atoms with E-state index in [1.165, 1.54) is 11.1 Å². The van der Waals surface area contributed by atoms with E-state index >= 15 is 0 Å². The van der Waals surface area contributed by atoms with Crippen molar-refractivity contribution in [1.29, 1.82) is 0 Å². The number of rotatable bonds is 2. The zero-order valence-electron chi connectivity index (χ0n) is 12.8. The lowest BCUT2D eigenvalue weighted by Gasteiger charge is -2.08. The van der Waals surface area contributed by atoms with Crippen LogP contribution in [0.1, 0.15) is 34.7 Å². The predicted octanol–water partition coefficient (Wildman–Crippen LogP) is 5.23. The van der Waals surface area contributed by atoms with Crippen molar-refractivity contribution in [2.75, 3.05) is 0 Å². The summed E-state index contributed by atoms with van der Waals surface area (Å²) in [6.45, 7) is 8.33. The van der Waals surface area contributed by atoms with Crippen molar-refractivity contribution >= 4 is 17.2 Å². The second-order valence-corrected chi connectivity index (χ2v) is 6.30. The third kappa shape index (κ3) is 2.34. The molecule has 0 aliphatic carbocycles. The number of alkyl halides is 1. The van der Waals surface area contributed by atoms with E-state index in [1.54, 1.807) is 0 Å². The van der Waals surface area contributed by atoms with E-state index in [0.29, 0.717) is 0 Å². The van der Waals surface area contributed by atoms with Crippen molar-refractivity contribution in [3.8, 4) is 11.3 Å². The van der Waals surface area contributed by atoms with E-state index in [2.05, 4.69) is 49.4 Å². The zero-order valence-corrected chi connectivity index (χ0v) is 13.6. The molecule has 21 heavy (non-hydrogen) atoms. The summed E-state index contributed by atoms with van der Waals surface area (Å²) >= 11 is 6.44. The Morgan fingerprint density at radius 3 is 2.48 bits per heavy atom. The summed E-state index contributed by atoms with van der Waals surface area (Å²) in [7, 11) is 0. The number of hydrogen-bond donors (Lipinski definition) is 0. The molecule has 1 atom stereocenters. The van der Waals surface area contributed by atoms with E-state index in [1.807, 2.05) is 19.2 Å². The molecule has 3 rings (SSSR count). The normalized spacial score (nSPS) is 12.8. The van der Waals surface area contributed by atoms with Gasteiger partial charge in [-0.1, -0.05) is 18.2 Å². The molecule has 0 amide bonds. The SMILES string of the molecule is Cc1ccc(-c2nc3c(C)cccn3c2C(C)Cl)cc1C. The molecule has 2 nitrogen and oxygen atoms in total. The minimum atomic E-state index is -0.0987. The summed E-state index contributed by atoms with van der Waals surface area (Å²) in [6, 6.07) is 10.6. The topological polar surface area (TPSA) is 17.3 Å². The maximum atomic E-state index is 6.44. The second kappa shape index (κ2) is 5.19. The van der Waals surface area contributed by atoms with Crippen molar-refractivity contribution in [3.63, 3.8) is 0 Å². The van der Waals surface area contributed by atoms with E-state index < -0.39 is 0 Å². The van der Waals surface area contributed by atoms with Crippen LogP contribution in [0.4, 0.5) is 0 Å². The van der Waals surface area contributed by atoms with Crippen molar-refractivity contribution in [2.24, 2.45) is 0 Å². The monoisotopic (exact) mass is 298 g/mol. The molecule has 0 radical (unpaired) electrons. The summed E-state index contributed by atoms with van der Waals surface area (Å²) in [5.74, 6) is 0. The summed E-state index contributed by atoms with van der Waals surface area (Å²) in [4.78, 5) is 4.85. The van der Waals surface area contributed by atoms with Crippen molar-refractivity contribution in [1.82, 2.24) is 9.38 Å². The maximum Gasteiger partial charge on any atom is 0.140 e. The fourth-order valence-electron chi connectivity index (χ4n) is 2.70. The fourth-order valence-corrected chi connectivity index (χ4v) is 2.91. The Balaban J connectivity index is 2.33. The summed E-state index contributed by atoms with van der Waals surface area (Å²) < 4.78 is 2.11. The van der Waals surface area contributed by atoms with Gasteiger partial charge in [0.05, 0.1) is 16.8 Å². The van der Waals surface area contributed by atoms with Gasteiger partial charge < -0.3 is 4.40 Å². The first kappa shape index (κ1) is 14.2. The highest BCUT2D eigenvalue weighted by Gasteiger charge is 2.18. The molecule has 1 unspecified atom stereocenters. The molecule has 0 N–H and O–H groups in total. The van der Waals surface area contributed by atoms with Crippen LogP contribution in [0.3, 0.4) is 0 Å². The predicted molar refractivity (Wildman–Crippen MR) is 89.1 cm³/mol. The molecule has 3 heteroatoms. The highest BCUT2D eigenvalue weighted by molar-refractivity contribution is 6.20. The van der Waals surface area contributed by atoms with Crippen LogP contribution in [0.2, 0.25) is 0 Å². The van der Waals surface area contributed by atoms with Gasteiger partial charge in [-0.3, -0.25) is 0 Å². The number of hydrogen-bond acceptors (Lipinski definition) is 1. The van der Waals surface area contributed by atoms with Crippen LogP contribution in [0.15, 0.2) is 36.5 Å². The minimum absolute atomic E-state index is 0.0987. The molecule has 0 fully saturated rings. The van der Waals surface area contributed by atoms with Gasteiger partial charge in [0.15, 0.2) is 0 Å². The number of fused-ring (bicyclic) bond motifs is 1. The standard InChI is InChI=1S/C18H19ClN2/c1-11-7-8-15(10-13(11)3)16-17(14(4)19)21-9-5-6-12(2)18(21)20-16/h5-10,14H,1-4H3. The Hall–Kier alpha value is -1.80. The third-order valence-corrected chi connectivity index (χ3v) is 4.25. The number of imidazole rings is 1. The molecule has 0 saturated carbocycles. The van der Waals surface area contributed by atoms with Crippen LogP contribution < -0.4 is 0 Å². The third-order valence-electron chi connectivity index (χ3n) is 4.04. The molecule has 108 valence electrons. The van der Waals surface area contributed by atoms with Crippen LogP contribution in [0, 0.1) is 20.8 Å². The molecule has 0 aliphatic rings.